The average Bonchev–Trinajstić information content (AvgIpc) is 3.14. The first kappa shape index (κ1) is 16.0. The molecule has 1 amide bonds. The standard InChI is InChI=1S/C21H26N4O2/c26-20(17-1-2-18-19(10-17)23-27-22-18)24-3-5-25(6-4-24)21-11-14-7-15(12-21)9-16(8-14)13-21/h1-2,10,14-16H,3-9,11-13H2. The fourth-order valence-corrected chi connectivity index (χ4v) is 6.93. The van der Waals surface area contributed by atoms with E-state index < -0.39 is 0 Å². The Morgan fingerprint density at radius 2 is 1.56 bits per heavy atom. The summed E-state index contributed by atoms with van der Waals surface area (Å²) < 4.78 is 4.74. The monoisotopic (exact) mass is 366 g/mol. The second-order valence-corrected chi connectivity index (χ2v) is 9.39. The van der Waals surface area contributed by atoms with Crippen molar-refractivity contribution in [3.8, 4) is 0 Å². The van der Waals surface area contributed by atoms with Gasteiger partial charge in [0.15, 0.2) is 0 Å². The molecule has 1 saturated heterocycles. The van der Waals surface area contributed by atoms with Gasteiger partial charge in [0.1, 0.15) is 11.0 Å². The maximum Gasteiger partial charge on any atom is 0.254 e. The van der Waals surface area contributed by atoms with Crippen molar-refractivity contribution in [3.05, 3.63) is 23.8 Å². The first-order valence-electron chi connectivity index (χ1n) is 10.5. The maximum atomic E-state index is 12.9. The molecular weight excluding hydrogens is 340 g/mol. The number of carbonyl (C=O) groups is 1. The van der Waals surface area contributed by atoms with E-state index in [1.165, 1.54) is 38.5 Å². The van der Waals surface area contributed by atoms with Gasteiger partial charge in [-0.15, -0.1) is 0 Å². The molecule has 27 heavy (non-hydrogen) atoms. The van der Waals surface area contributed by atoms with Crippen LogP contribution in [0.4, 0.5) is 0 Å². The fourth-order valence-electron chi connectivity index (χ4n) is 6.93. The van der Waals surface area contributed by atoms with Gasteiger partial charge in [0.25, 0.3) is 5.91 Å². The number of piperazine rings is 1. The van der Waals surface area contributed by atoms with E-state index in [0.717, 1.165) is 43.9 Å². The highest BCUT2D eigenvalue weighted by Gasteiger charge is 2.53. The summed E-state index contributed by atoms with van der Waals surface area (Å²) >= 11 is 0. The molecule has 7 rings (SSSR count). The number of carbonyl (C=O) groups excluding carboxylic acids is 1. The molecule has 5 fully saturated rings. The molecule has 2 aromatic rings. The summed E-state index contributed by atoms with van der Waals surface area (Å²) in [4.78, 5) is 17.7. The zero-order valence-electron chi connectivity index (χ0n) is 15.6. The van der Waals surface area contributed by atoms with Crippen LogP contribution in [0.3, 0.4) is 0 Å². The Morgan fingerprint density at radius 1 is 0.926 bits per heavy atom. The van der Waals surface area contributed by atoms with E-state index >= 15 is 0 Å². The van der Waals surface area contributed by atoms with Crippen LogP contribution in [0, 0.1) is 17.8 Å². The van der Waals surface area contributed by atoms with E-state index in [0.29, 0.717) is 22.1 Å². The molecule has 2 heterocycles. The van der Waals surface area contributed by atoms with Crippen LogP contribution in [0.2, 0.25) is 0 Å². The third-order valence-corrected chi connectivity index (χ3v) is 7.74. The Kier molecular flexibility index (Phi) is 3.43. The summed E-state index contributed by atoms with van der Waals surface area (Å²) in [6.45, 7) is 3.70. The van der Waals surface area contributed by atoms with Crippen molar-refractivity contribution >= 4 is 16.9 Å². The normalized spacial score (nSPS) is 35.9. The molecule has 0 radical (unpaired) electrons. The maximum absolute atomic E-state index is 12.9. The van der Waals surface area contributed by atoms with Crippen molar-refractivity contribution in [2.75, 3.05) is 26.2 Å². The lowest BCUT2D eigenvalue weighted by Crippen LogP contribution is -2.64. The largest absolute Gasteiger partial charge is 0.336 e. The van der Waals surface area contributed by atoms with Gasteiger partial charge in [-0.3, -0.25) is 9.69 Å². The molecule has 142 valence electrons. The van der Waals surface area contributed by atoms with E-state index in [-0.39, 0.29) is 5.91 Å². The van der Waals surface area contributed by atoms with Crippen molar-refractivity contribution in [1.29, 1.82) is 0 Å². The van der Waals surface area contributed by atoms with Crippen LogP contribution in [-0.4, -0.2) is 57.7 Å². The summed E-state index contributed by atoms with van der Waals surface area (Å²) in [7, 11) is 0. The van der Waals surface area contributed by atoms with E-state index in [1.807, 2.05) is 17.0 Å². The van der Waals surface area contributed by atoms with Crippen molar-refractivity contribution in [3.63, 3.8) is 0 Å². The summed E-state index contributed by atoms with van der Waals surface area (Å²) in [6.07, 6.45) is 8.67. The average molecular weight is 366 g/mol. The van der Waals surface area contributed by atoms with Crippen LogP contribution in [0.25, 0.3) is 11.0 Å². The number of fused-ring (bicyclic) bond motifs is 1. The Hall–Kier alpha value is -1.95. The molecule has 0 spiro atoms. The molecule has 5 aliphatic rings. The van der Waals surface area contributed by atoms with Gasteiger partial charge in [-0.05, 0) is 84.8 Å². The van der Waals surface area contributed by atoms with Crippen LogP contribution < -0.4 is 0 Å². The van der Waals surface area contributed by atoms with Crippen LogP contribution in [0.15, 0.2) is 22.8 Å². The van der Waals surface area contributed by atoms with Gasteiger partial charge in [0, 0.05) is 37.3 Å². The predicted molar refractivity (Wildman–Crippen MR) is 100 cm³/mol. The molecular formula is C21H26N4O2. The number of amides is 1. The topological polar surface area (TPSA) is 62.5 Å². The van der Waals surface area contributed by atoms with Gasteiger partial charge in [0.05, 0.1) is 0 Å². The predicted octanol–water partition coefficient (Wildman–Crippen LogP) is 2.95. The fraction of sp³-hybridized carbons (Fsp3) is 0.667. The number of hydrogen-bond donors (Lipinski definition) is 0. The van der Waals surface area contributed by atoms with Crippen molar-refractivity contribution in [2.45, 2.75) is 44.1 Å². The smallest absolute Gasteiger partial charge is 0.254 e. The molecule has 4 bridgehead atoms. The van der Waals surface area contributed by atoms with Gasteiger partial charge < -0.3 is 4.90 Å². The Morgan fingerprint density at radius 3 is 2.22 bits per heavy atom. The molecule has 0 unspecified atom stereocenters. The number of hydrogen-bond acceptors (Lipinski definition) is 5. The summed E-state index contributed by atoms with van der Waals surface area (Å²) in [5.41, 5.74) is 2.47. The van der Waals surface area contributed by atoms with Crippen molar-refractivity contribution in [2.24, 2.45) is 17.8 Å². The zero-order valence-corrected chi connectivity index (χ0v) is 15.6. The number of rotatable bonds is 2. The molecule has 4 aliphatic carbocycles. The number of aromatic nitrogens is 2. The van der Waals surface area contributed by atoms with Gasteiger partial charge in [-0.2, -0.15) is 0 Å². The number of nitrogens with zero attached hydrogens (tertiary/aromatic N) is 4. The second kappa shape index (κ2) is 5.77. The Bertz CT molecular complexity index is 848. The molecule has 4 saturated carbocycles. The summed E-state index contributed by atoms with van der Waals surface area (Å²) in [5.74, 6) is 3.01. The zero-order chi connectivity index (χ0) is 18.0. The summed E-state index contributed by atoms with van der Waals surface area (Å²) in [6, 6.07) is 5.44. The first-order valence-corrected chi connectivity index (χ1v) is 10.5. The quantitative estimate of drug-likeness (QED) is 0.818. The SMILES string of the molecule is O=C(c1ccc2nonc2c1)N1CCN(C23CC4CC(CC(C4)C2)C3)CC1. The first-order chi connectivity index (χ1) is 13.2. The highest BCUT2D eigenvalue weighted by molar-refractivity contribution is 5.97. The Balaban J connectivity index is 1.16. The number of benzene rings is 1. The van der Waals surface area contributed by atoms with Crippen LogP contribution in [0.1, 0.15) is 48.9 Å². The van der Waals surface area contributed by atoms with Gasteiger partial charge in [0.2, 0.25) is 0 Å². The molecule has 0 atom stereocenters. The highest BCUT2D eigenvalue weighted by Crippen LogP contribution is 2.57. The van der Waals surface area contributed by atoms with Crippen molar-refractivity contribution in [1.82, 2.24) is 20.1 Å². The molecule has 1 aromatic heterocycles. The summed E-state index contributed by atoms with van der Waals surface area (Å²) in [5, 5.41) is 7.67. The Labute approximate surface area is 158 Å². The van der Waals surface area contributed by atoms with Crippen LogP contribution in [-0.2, 0) is 0 Å². The minimum Gasteiger partial charge on any atom is -0.336 e. The van der Waals surface area contributed by atoms with E-state index in [1.54, 1.807) is 6.07 Å². The van der Waals surface area contributed by atoms with Gasteiger partial charge in [-0.1, -0.05) is 0 Å². The lowest BCUT2D eigenvalue weighted by atomic mass is 9.52. The molecule has 1 aromatic carbocycles. The van der Waals surface area contributed by atoms with Gasteiger partial charge >= 0.3 is 0 Å². The van der Waals surface area contributed by atoms with Gasteiger partial charge in [-0.25, -0.2) is 4.63 Å². The van der Waals surface area contributed by atoms with E-state index in [9.17, 15) is 4.79 Å². The molecule has 6 nitrogen and oxygen atoms in total. The van der Waals surface area contributed by atoms with E-state index in [2.05, 4.69) is 15.2 Å². The minimum atomic E-state index is 0.102. The second-order valence-electron chi connectivity index (χ2n) is 9.39. The highest BCUT2D eigenvalue weighted by atomic mass is 16.6. The molecule has 0 N–H and O–H groups in total. The van der Waals surface area contributed by atoms with Crippen molar-refractivity contribution < 1.29 is 9.42 Å². The lowest BCUT2D eigenvalue weighted by molar-refractivity contribution is -0.0987. The van der Waals surface area contributed by atoms with Crippen LogP contribution in [0.5, 0.6) is 0 Å². The molecule has 1 aliphatic heterocycles. The third kappa shape index (κ3) is 2.53. The lowest BCUT2D eigenvalue weighted by Gasteiger charge is -2.61. The molecule has 6 heteroatoms. The van der Waals surface area contributed by atoms with E-state index in [4.69, 9.17) is 4.63 Å². The third-order valence-electron chi connectivity index (χ3n) is 7.74. The minimum absolute atomic E-state index is 0.102. The van der Waals surface area contributed by atoms with Crippen LogP contribution >= 0.6 is 0 Å².